The molecule has 1 unspecified atom stereocenters. The number of fused-ring (bicyclic) bond motifs is 3. The maximum Gasteiger partial charge on any atom is 0.339 e. The summed E-state index contributed by atoms with van der Waals surface area (Å²) >= 11 is 0. The fraction of sp³-hybridized carbons (Fsp3) is 0.0714. The molecule has 3 rings (SSSR count). The van der Waals surface area contributed by atoms with E-state index in [1.165, 1.54) is 7.11 Å². The number of hydrogen-bond acceptors (Lipinski definition) is 3. The smallest absolute Gasteiger partial charge is 0.339 e. The molecular weight excluding hydrogens is 248 g/mol. The Balaban J connectivity index is 2.31. The lowest BCUT2D eigenvalue weighted by Gasteiger charge is -2.04. The molecule has 2 aromatic carbocycles. The SMILES string of the molecule is COC(=O)c1cccc2c1S(=O)c1ccccc1-2. The van der Waals surface area contributed by atoms with Crippen LogP contribution in [-0.4, -0.2) is 17.3 Å². The molecule has 0 spiro atoms. The molecular formula is C14H10O3S. The third-order valence-electron chi connectivity index (χ3n) is 2.98. The van der Waals surface area contributed by atoms with Crippen molar-refractivity contribution < 1.29 is 13.7 Å². The van der Waals surface area contributed by atoms with Crippen LogP contribution in [0.5, 0.6) is 0 Å². The number of benzene rings is 2. The number of carbonyl (C=O) groups is 1. The van der Waals surface area contributed by atoms with E-state index in [1.807, 2.05) is 30.3 Å². The molecule has 1 aliphatic rings. The Bertz CT molecular complexity index is 676. The molecule has 0 radical (unpaired) electrons. The summed E-state index contributed by atoms with van der Waals surface area (Å²) in [6.07, 6.45) is 0. The van der Waals surface area contributed by atoms with Crippen molar-refractivity contribution in [2.75, 3.05) is 7.11 Å². The van der Waals surface area contributed by atoms with Crippen LogP contribution >= 0.6 is 0 Å². The van der Waals surface area contributed by atoms with Crippen LogP contribution in [0.3, 0.4) is 0 Å². The van der Waals surface area contributed by atoms with Gasteiger partial charge in [0.25, 0.3) is 0 Å². The predicted molar refractivity (Wildman–Crippen MR) is 67.9 cm³/mol. The third kappa shape index (κ3) is 1.42. The summed E-state index contributed by atoms with van der Waals surface area (Å²) in [6.45, 7) is 0. The van der Waals surface area contributed by atoms with Gasteiger partial charge in [-0.25, -0.2) is 9.00 Å². The number of rotatable bonds is 1. The van der Waals surface area contributed by atoms with Gasteiger partial charge in [-0.15, -0.1) is 0 Å². The first-order chi connectivity index (χ1) is 8.74. The summed E-state index contributed by atoms with van der Waals surface area (Å²) in [5.41, 5.74) is 2.16. The van der Waals surface area contributed by atoms with Gasteiger partial charge >= 0.3 is 5.97 Å². The standard InChI is InChI=1S/C14H10O3S/c1-17-14(15)11-7-4-6-10-9-5-2-3-8-12(9)18(16)13(10)11/h2-8H,1H3. The van der Waals surface area contributed by atoms with Gasteiger partial charge in [-0.05, 0) is 17.7 Å². The zero-order chi connectivity index (χ0) is 12.7. The highest BCUT2D eigenvalue weighted by molar-refractivity contribution is 7.86. The minimum absolute atomic E-state index is 0.379. The monoisotopic (exact) mass is 258 g/mol. The predicted octanol–water partition coefficient (Wildman–Crippen LogP) is 2.62. The molecule has 2 aromatic rings. The van der Waals surface area contributed by atoms with Gasteiger partial charge in [0.15, 0.2) is 0 Å². The lowest BCUT2D eigenvalue weighted by molar-refractivity contribution is 0.0596. The number of ether oxygens (including phenoxy) is 1. The van der Waals surface area contributed by atoms with Crippen LogP contribution in [0.2, 0.25) is 0 Å². The van der Waals surface area contributed by atoms with Crippen LogP contribution in [0.4, 0.5) is 0 Å². The topological polar surface area (TPSA) is 43.4 Å². The molecule has 0 aliphatic carbocycles. The Morgan fingerprint density at radius 2 is 1.78 bits per heavy atom. The van der Waals surface area contributed by atoms with Crippen LogP contribution < -0.4 is 0 Å². The Hall–Kier alpha value is -1.94. The molecule has 0 saturated carbocycles. The first-order valence-electron chi connectivity index (χ1n) is 5.46. The van der Waals surface area contributed by atoms with Crippen molar-refractivity contribution in [3.05, 3.63) is 48.0 Å². The fourth-order valence-electron chi connectivity index (χ4n) is 2.18. The highest BCUT2D eigenvalue weighted by Crippen LogP contribution is 2.42. The lowest BCUT2D eigenvalue weighted by Crippen LogP contribution is -2.05. The maximum atomic E-state index is 12.4. The number of esters is 1. The van der Waals surface area contributed by atoms with Crippen molar-refractivity contribution in [3.63, 3.8) is 0 Å². The van der Waals surface area contributed by atoms with Crippen LogP contribution in [0.15, 0.2) is 52.3 Å². The normalized spacial score (nSPS) is 15.9. The summed E-state index contributed by atoms with van der Waals surface area (Å²) in [5, 5.41) is 0. The molecule has 3 nitrogen and oxygen atoms in total. The van der Waals surface area contributed by atoms with E-state index in [0.717, 1.165) is 16.0 Å². The Morgan fingerprint density at radius 3 is 2.56 bits per heavy atom. The van der Waals surface area contributed by atoms with Crippen LogP contribution in [0, 0.1) is 0 Å². The van der Waals surface area contributed by atoms with Crippen LogP contribution in [-0.2, 0) is 15.5 Å². The van der Waals surface area contributed by atoms with E-state index < -0.39 is 16.8 Å². The molecule has 0 N–H and O–H groups in total. The number of hydrogen-bond donors (Lipinski definition) is 0. The molecule has 1 heterocycles. The molecule has 0 aromatic heterocycles. The second kappa shape index (κ2) is 4.07. The third-order valence-corrected chi connectivity index (χ3v) is 4.55. The molecule has 1 aliphatic heterocycles. The van der Waals surface area contributed by atoms with Crippen molar-refractivity contribution in [2.45, 2.75) is 9.79 Å². The molecule has 0 amide bonds. The second-order valence-corrected chi connectivity index (χ2v) is 5.32. The molecule has 0 saturated heterocycles. The highest BCUT2D eigenvalue weighted by Gasteiger charge is 2.29. The first kappa shape index (κ1) is 11.2. The molecule has 0 fully saturated rings. The maximum absolute atomic E-state index is 12.4. The first-order valence-corrected chi connectivity index (χ1v) is 6.61. The van der Waals surface area contributed by atoms with Gasteiger partial charge in [-0.2, -0.15) is 0 Å². The fourth-order valence-corrected chi connectivity index (χ4v) is 3.71. The molecule has 1 atom stereocenters. The highest BCUT2D eigenvalue weighted by atomic mass is 32.2. The summed E-state index contributed by atoms with van der Waals surface area (Å²) in [5.74, 6) is -0.451. The zero-order valence-corrected chi connectivity index (χ0v) is 10.5. The van der Waals surface area contributed by atoms with E-state index in [2.05, 4.69) is 0 Å². The van der Waals surface area contributed by atoms with E-state index in [1.54, 1.807) is 12.1 Å². The summed E-state index contributed by atoms with van der Waals surface area (Å²) in [7, 11) is 0.0188. The Kier molecular flexibility index (Phi) is 2.52. The van der Waals surface area contributed by atoms with Crippen molar-refractivity contribution >= 4 is 16.8 Å². The summed E-state index contributed by atoms with van der Waals surface area (Å²) in [4.78, 5) is 13.0. The zero-order valence-electron chi connectivity index (χ0n) is 9.67. The van der Waals surface area contributed by atoms with Crippen molar-refractivity contribution in [1.29, 1.82) is 0 Å². The molecule has 0 bridgehead atoms. The van der Waals surface area contributed by atoms with E-state index in [-0.39, 0.29) is 0 Å². The second-order valence-electron chi connectivity index (χ2n) is 3.94. The molecule has 18 heavy (non-hydrogen) atoms. The van der Waals surface area contributed by atoms with Gasteiger partial charge in [0, 0.05) is 5.56 Å². The Morgan fingerprint density at radius 1 is 1.06 bits per heavy atom. The van der Waals surface area contributed by atoms with Gasteiger partial charge in [-0.3, -0.25) is 0 Å². The lowest BCUT2D eigenvalue weighted by atomic mass is 10.0. The van der Waals surface area contributed by atoms with E-state index in [0.29, 0.717) is 10.5 Å². The number of carbonyl (C=O) groups excluding carboxylic acids is 1. The van der Waals surface area contributed by atoms with Crippen LogP contribution in [0.25, 0.3) is 11.1 Å². The minimum Gasteiger partial charge on any atom is -0.465 e. The average molecular weight is 258 g/mol. The minimum atomic E-state index is -1.31. The molecule has 4 heteroatoms. The van der Waals surface area contributed by atoms with Crippen molar-refractivity contribution in [1.82, 2.24) is 0 Å². The van der Waals surface area contributed by atoms with Gasteiger partial charge in [0.05, 0.1) is 33.3 Å². The van der Waals surface area contributed by atoms with Crippen molar-refractivity contribution in [2.24, 2.45) is 0 Å². The van der Waals surface area contributed by atoms with Gasteiger partial charge in [0.1, 0.15) is 0 Å². The van der Waals surface area contributed by atoms with Gasteiger partial charge < -0.3 is 4.74 Å². The van der Waals surface area contributed by atoms with Crippen LogP contribution in [0.1, 0.15) is 10.4 Å². The van der Waals surface area contributed by atoms with Gasteiger partial charge in [-0.1, -0.05) is 30.3 Å². The number of methoxy groups -OCH3 is 1. The summed E-state index contributed by atoms with van der Waals surface area (Å²) in [6, 6.07) is 12.8. The Labute approximate surface area is 107 Å². The largest absolute Gasteiger partial charge is 0.465 e. The van der Waals surface area contributed by atoms with Gasteiger partial charge in [0.2, 0.25) is 0 Å². The summed E-state index contributed by atoms with van der Waals surface area (Å²) < 4.78 is 17.2. The van der Waals surface area contributed by atoms with E-state index in [9.17, 15) is 9.00 Å². The average Bonchev–Trinajstić information content (AvgIpc) is 2.72. The molecule has 90 valence electrons. The van der Waals surface area contributed by atoms with E-state index in [4.69, 9.17) is 4.74 Å². The van der Waals surface area contributed by atoms with E-state index >= 15 is 0 Å². The quantitative estimate of drug-likeness (QED) is 0.630. The van der Waals surface area contributed by atoms with Crippen molar-refractivity contribution in [3.8, 4) is 11.1 Å².